The molecule has 0 aliphatic carbocycles. The molecule has 15 heavy (non-hydrogen) atoms. The second kappa shape index (κ2) is 12.1. The summed E-state index contributed by atoms with van der Waals surface area (Å²) < 4.78 is 11.3. The summed E-state index contributed by atoms with van der Waals surface area (Å²) in [5.74, 6) is 0. The van der Waals surface area contributed by atoms with Crippen LogP contribution >= 0.6 is 0 Å². The number of unbranched alkanes of at least 4 members (excludes halogenated alkanes) is 4. The van der Waals surface area contributed by atoms with Crippen LogP contribution in [0.3, 0.4) is 0 Å². The van der Waals surface area contributed by atoms with E-state index in [9.17, 15) is 0 Å². The minimum Gasteiger partial charge on any atom is -0.353 e. The predicted octanol–water partition coefficient (Wildman–Crippen LogP) is 2.78. The third-order valence-electron chi connectivity index (χ3n) is 2.44. The summed E-state index contributed by atoms with van der Waals surface area (Å²) in [5, 5.41) is 0. The highest BCUT2D eigenvalue weighted by atomic mass is 16.7. The van der Waals surface area contributed by atoms with Crippen molar-refractivity contribution in [1.82, 2.24) is 0 Å². The molecule has 0 unspecified atom stereocenters. The van der Waals surface area contributed by atoms with Crippen molar-refractivity contribution in [2.75, 3.05) is 13.2 Å². The molecule has 0 saturated carbocycles. The van der Waals surface area contributed by atoms with Gasteiger partial charge in [0.05, 0.1) is 0 Å². The molecule has 0 saturated heterocycles. The molecule has 0 rings (SSSR count). The Morgan fingerprint density at radius 1 is 0.867 bits per heavy atom. The average Bonchev–Trinajstić information content (AvgIpc) is 2.27. The van der Waals surface area contributed by atoms with Gasteiger partial charge in [-0.3, -0.25) is 0 Å². The van der Waals surface area contributed by atoms with Crippen LogP contribution in [-0.4, -0.2) is 27.4 Å². The third-order valence-corrected chi connectivity index (χ3v) is 2.44. The average molecular weight is 214 g/mol. The van der Waals surface area contributed by atoms with Gasteiger partial charge in [-0.2, -0.15) is 0 Å². The van der Waals surface area contributed by atoms with Crippen molar-refractivity contribution in [3.05, 3.63) is 0 Å². The molecule has 2 nitrogen and oxygen atoms in total. The van der Waals surface area contributed by atoms with Crippen LogP contribution in [0.2, 0.25) is 6.32 Å². The zero-order valence-corrected chi connectivity index (χ0v) is 10.8. The second-order valence-electron chi connectivity index (χ2n) is 3.99. The van der Waals surface area contributed by atoms with Crippen molar-refractivity contribution in [3.8, 4) is 0 Å². The molecular weight excluding hydrogens is 187 g/mol. The normalized spacial score (nSPS) is 11.1. The Morgan fingerprint density at radius 2 is 1.33 bits per heavy atom. The second-order valence-corrected chi connectivity index (χ2v) is 3.99. The summed E-state index contributed by atoms with van der Waals surface area (Å²) in [6, 6.07) is 0. The number of hydrogen-bond donors (Lipinski definition) is 0. The fourth-order valence-electron chi connectivity index (χ4n) is 1.42. The summed E-state index contributed by atoms with van der Waals surface area (Å²) in [6.45, 7) is 6.11. The number of rotatable bonds is 11. The van der Waals surface area contributed by atoms with Gasteiger partial charge >= 0.3 is 0 Å². The molecule has 0 aliphatic rings. The minimum absolute atomic E-state index is 0.0266. The Kier molecular flexibility index (Phi) is 12.0. The van der Waals surface area contributed by atoms with Gasteiger partial charge in [0.25, 0.3) is 0 Å². The summed E-state index contributed by atoms with van der Waals surface area (Å²) in [4.78, 5) is 0. The van der Waals surface area contributed by atoms with Gasteiger partial charge in [0.2, 0.25) is 0 Å². The molecule has 0 N–H and O–H groups in total. The molecule has 0 heterocycles. The molecule has 90 valence electrons. The van der Waals surface area contributed by atoms with Gasteiger partial charge in [0, 0.05) is 13.2 Å². The molecule has 0 amide bonds. The molecule has 0 aliphatic heterocycles. The number of ether oxygens (including phenoxy) is 2. The van der Waals surface area contributed by atoms with Crippen molar-refractivity contribution in [3.63, 3.8) is 0 Å². The largest absolute Gasteiger partial charge is 0.353 e. The van der Waals surface area contributed by atoms with Crippen molar-refractivity contribution in [2.45, 2.75) is 65.0 Å². The highest BCUT2D eigenvalue weighted by Crippen LogP contribution is 2.04. The fourth-order valence-corrected chi connectivity index (χ4v) is 1.42. The van der Waals surface area contributed by atoms with E-state index in [1.165, 1.54) is 25.7 Å². The summed E-state index contributed by atoms with van der Waals surface area (Å²) in [6.07, 6.45) is 8.31. The Hall–Kier alpha value is -0.0151. The molecule has 0 aromatic carbocycles. The van der Waals surface area contributed by atoms with Gasteiger partial charge < -0.3 is 9.47 Å². The quantitative estimate of drug-likeness (QED) is 0.299. The molecule has 0 radical (unpaired) electrons. The zero-order valence-electron chi connectivity index (χ0n) is 10.8. The van der Waals surface area contributed by atoms with Gasteiger partial charge in [0.15, 0.2) is 6.29 Å². The molecule has 3 heteroatoms. The van der Waals surface area contributed by atoms with E-state index in [2.05, 4.69) is 21.7 Å². The first-order valence-corrected chi connectivity index (χ1v) is 6.58. The number of hydrogen-bond acceptors (Lipinski definition) is 2. The highest BCUT2D eigenvalue weighted by Gasteiger charge is 2.05. The van der Waals surface area contributed by atoms with E-state index in [1.807, 2.05) is 0 Å². The van der Waals surface area contributed by atoms with Crippen molar-refractivity contribution in [2.24, 2.45) is 0 Å². The molecule has 0 aromatic heterocycles. The minimum atomic E-state index is 0.0266. The van der Waals surface area contributed by atoms with Gasteiger partial charge in [-0.15, -0.1) is 0 Å². The SMILES string of the molecule is BCC(OCCCCC)OCCCCC. The molecule has 0 spiro atoms. The molecule has 0 bridgehead atoms. The third kappa shape index (κ3) is 10.3. The van der Waals surface area contributed by atoms with Crippen LogP contribution in [0.1, 0.15) is 52.4 Å². The molecular formula is C12H27BO2. The fraction of sp³-hybridized carbons (Fsp3) is 1.00. The maximum Gasteiger partial charge on any atom is 0.150 e. The first-order chi connectivity index (χ1) is 7.35. The Balaban J connectivity index is 3.29. The standard InChI is InChI=1S/C12H27BO2/c1-3-5-7-9-14-12(11-13)15-10-8-6-4-2/h12H,3-11,13H2,1-2H3. The van der Waals surface area contributed by atoms with Crippen LogP contribution in [0.15, 0.2) is 0 Å². The maximum absolute atomic E-state index is 5.65. The lowest BCUT2D eigenvalue weighted by Crippen LogP contribution is -2.18. The smallest absolute Gasteiger partial charge is 0.150 e. The van der Waals surface area contributed by atoms with E-state index in [1.54, 1.807) is 0 Å². The zero-order chi connectivity index (χ0) is 11.4. The Labute approximate surface area is 96.1 Å². The topological polar surface area (TPSA) is 18.5 Å². The lowest BCUT2D eigenvalue weighted by atomic mass is 10.1. The van der Waals surface area contributed by atoms with Crippen LogP contribution in [0, 0.1) is 0 Å². The van der Waals surface area contributed by atoms with Crippen LogP contribution in [0.5, 0.6) is 0 Å². The van der Waals surface area contributed by atoms with Crippen LogP contribution < -0.4 is 0 Å². The Morgan fingerprint density at radius 3 is 1.67 bits per heavy atom. The van der Waals surface area contributed by atoms with Gasteiger partial charge in [-0.25, -0.2) is 0 Å². The molecule has 0 atom stereocenters. The lowest BCUT2D eigenvalue weighted by Gasteiger charge is -2.16. The highest BCUT2D eigenvalue weighted by molar-refractivity contribution is 6.08. The summed E-state index contributed by atoms with van der Waals surface area (Å²) in [5.41, 5.74) is 0. The van der Waals surface area contributed by atoms with E-state index in [-0.39, 0.29) is 6.29 Å². The van der Waals surface area contributed by atoms with Gasteiger partial charge in [-0.1, -0.05) is 39.5 Å². The predicted molar refractivity (Wildman–Crippen MR) is 68.1 cm³/mol. The van der Waals surface area contributed by atoms with Crippen LogP contribution in [-0.2, 0) is 9.47 Å². The lowest BCUT2D eigenvalue weighted by molar-refractivity contribution is -0.131. The van der Waals surface area contributed by atoms with E-state index >= 15 is 0 Å². The van der Waals surface area contributed by atoms with Crippen LogP contribution in [0.25, 0.3) is 0 Å². The van der Waals surface area contributed by atoms with Crippen molar-refractivity contribution < 1.29 is 9.47 Å². The maximum atomic E-state index is 5.65. The molecule has 0 fully saturated rings. The van der Waals surface area contributed by atoms with E-state index in [4.69, 9.17) is 9.47 Å². The van der Waals surface area contributed by atoms with Gasteiger partial charge in [0.1, 0.15) is 7.85 Å². The van der Waals surface area contributed by atoms with Crippen molar-refractivity contribution in [1.29, 1.82) is 0 Å². The van der Waals surface area contributed by atoms with Crippen molar-refractivity contribution >= 4 is 7.85 Å². The first kappa shape index (κ1) is 15.0. The summed E-state index contributed by atoms with van der Waals surface area (Å²) in [7, 11) is 2.12. The molecule has 0 aromatic rings. The first-order valence-electron chi connectivity index (χ1n) is 6.58. The van der Waals surface area contributed by atoms with Crippen LogP contribution in [0.4, 0.5) is 0 Å². The van der Waals surface area contributed by atoms with E-state index in [0.29, 0.717) is 0 Å². The monoisotopic (exact) mass is 214 g/mol. The van der Waals surface area contributed by atoms with E-state index in [0.717, 1.165) is 32.4 Å². The van der Waals surface area contributed by atoms with Gasteiger partial charge in [-0.05, 0) is 19.2 Å². The van der Waals surface area contributed by atoms with E-state index < -0.39 is 0 Å². The Bertz CT molecular complexity index is 108. The summed E-state index contributed by atoms with van der Waals surface area (Å²) >= 11 is 0.